The molecule has 0 bridgehead atoms. The van der Waals surface area contributed by atoms with E-state index >= 15 is 0 Å². The van der Waals surface area contributed by atoms with Crippen LogP contribution >= 0.6 is 0 Å². The van der Waals surface area contributed by atoms with Crippen LogP contribution in [0.1, 0.15) is 28.8 Å². The first kappa shape index (κ1) is 18.3. The van der Waals surface area contributed by atoms with E-state index in [1.54, 1.807) is 26.4 Å². The Bertz CT molecular complexity index is 584. The van der Waals surface area contributed by atoms with Gasteiger partial charge in [-0.15, -0.1) is 6.58 Å². The normalized spacial score (nSPS) is 17.5. The maximum absolute atomic E-state index is 13.0. The van der Waals surface area contributed by atoms with Crippen molar-refractivity contribution in [3.63, 3.8) is 0 Å². The molecule has 5 nitrogen and oxygen atoms in total. The lowest BCUT2D eigenvalue weighted by atomic mass is 9.97. The summed E-state index contributed by atoms with van der Waals surface area (Å²) in [6.07, 6.45) is 4.64. The van der Waals surface area contributed by atoms with E-state index in [0.717, 1.165) is 38.0 Å². The van der Waals surface area contributed by atoms with Crippen LogP contribution in [0.4, 0.5) is 0 Å². The number of amides is 1. The Balaban J connectivity index is 2.28. The summed E-state index contributed by atoms with van der Waals surface area (Å²) in [7, 11) is 5.16. The number of likely N-dealkylation sites (tertiary alicyclic amines) is 1. The lowest BCUT2D eigenvalue weighted by molar-refractivity contribution is 0.0673. The topological polar surface area (TPSA) is 50.8 Å². The number of benzene rings is 1. The zero-order valence-electron chi connectivity index (χ0n) is 14.9. The molecule has 132 valence electrons. The average molecular weight is 332 g/mol. The van der Waals surface area contributed by atoms with Crippen molar-refractivity contribution in [2.75, 3.05) is 40.9 Å². The van der Waals surface area contributed by atoms with Crippen LogP contribution in [0.25, 0.3) is 0 Å². The molecule has 0 radical (unpaired) electrons. The average Bonchev–Trinajstić information content (AvgIpc) is 2.61. The van der Waals surface area contributed by atoms with Gasteiger partial charge in [-0.3, -0.25) is 4.79 Å². The fraction of sp³-hybridized carbons (Fsp3) is 0.526. The van der Waals surface area contributed by atoms with Crippen LogP contribution < -0.4 is 14.8 Å². The molecule has 0 aromatic heterocycles. The second-order valence-electron chi connectivity index (χ2n) is 6.18. The first-order valence-corrected chi connectivity index (χ1v) is 8.44. The molecule has 1 amide bonds. The summed E-state index contributed by atoms with van der Waals surface area (Å²) in [6.45, 7) is 6.33. The number of ether oxygens (including phenoxy) is 2. The minimum absolute atomic E-state index is 0.0575. The summed E-state index contributed by atoms with van der Waals surface area (Å²) in [5.74, 6) is 1.83. The van der Waals surface area contributed by atoms with Gasteiger partial charge in [0.25, 0.3) is 5.91 Å². The zero-order valence-corrected chi connectivity index (χ0v) is 14.9. The van der Waals surface area contributed by atoms with E-state index in [0.29, 0.717) is 29.4 Å². The van der Waals surface area contributed by atoms with Gasteiger partial charge in [0, 0.05) is 24.2 Å². The number of nitrogens with one attached hydrogen (secondary N) is 1. The molecule has 1 N–H and O–H groups in total. The van der Waals surface area contributed by atoms with E-state index in [4.69, 9.17) is 9.47 Å². The third kappa shape index (κ3) is 4.09. The molecule has 24 heavy (non-hydrogen) atoms. The SMILES string of the molecule is C=CCc1cc(C(=O)N2CCCC(CNC)C2)cc(OC)c1OC. The van der Waals surface area contributed by atoms with Gasteiger partial charge in [0.15, 0.2) is 11.5 Å². The van der Waals surface area contributed by atoms with Gasteiger partial charge in [-0.2, -0.15) is 0 Å². The van der Waals surface area contributed by atoms with E-state index in [-0.39, 0.29) is 5.91 Å². The monoisotopic (exact) mass is 332 g/mol. The molecule has 0 spiro atoms. The molecular formula is C19H28N2O3. The second kappa shape index (κ2) is 8.73. The molecule has 1 atom stereocenters. The van der Waals surface area contributed by atoms with Crippen LogP contribution in [0.3, 0.4) is 0 Å². The number of carbonyl (C=O) groups excluding carboxylic acids is 1. The number of nitrogens with zero attached hydrogens (tertiary/aromatic N) is 1. The van der Waals surface area contributed by atoms with Crippen molar-refractivity contribution in [3.8, 4) is 11.5 Å². The quantitative estimate of drug-likeness (QED) is 0.780. The Labute approximate surface area is 144 Å². The highest BCUT2D eigenvalue weighted by Crippen LogP contribution is 2.34. The van der Waals surface area contributed by atoms with Crippen LogP contribution in [0, 0.1) is 5.92 Å². The molecule has 1 fully saturated rings. The standard InChI is InChI=1S/C19H28N2O3/c1-5-7-15-10-16(11-17(23-3)18(15)24-4)19(22)21-9-6-8-14(13-21)12-20-2/h5,10-11,14,20H,1,6-9,12-13H2,2-4H3. The highest BCUT2D eigenvalue weighted by molar-refractivity contribution is 5.95. The molecule has 1 aliphatic heterocycles. The Hall–Kier alpha value is -2.01. The van der Waals surface area contributed by atoms with Crippen LogP contribution in [-0.4, -0.2) is 51.7 Å². The van der Waals surface area contributed by atoms with Crippen LogP contribution in [0.2, 0.25) is 0 Å². The van der Waals surface area contributed by atoms with Crippen molar-refractivity contribution < 1.29 is 14.3 Å². The van der Waals surface area contributed by atoms with E-state index in [1.807, 2.05) is 18.0 Å². The maximum atomic E-state index is 13.0. The van der Waals surface area contributed by atoms with Gasteiger partial charge in [0.1, 0.15) is 0 Å². The molecule has 1 unspecified atom stereocenters. The first-order chi connectivity index (χ1) is 11.6. The van der Waals surface area contributed by atoms with Gasteiger partial charge >= 0.3 is 0 Å². The number of allylic oxidation sites excluding steroid dienone is 1. The zero-order chi connectivity index (χ0) is 17.5. The second-order valence-corrected chi connectivity index (χ2v) is 6.18. The van der Waals surface area contributed by atoms with Crippen molar-refractivity contribution in [1.29, 1.82) is 0 Å². The Morgan fingerprint density at radius 2 is 2.21 bits per heavy atom. The fourth-order valence-corrected chi connectivity index (χ4v) is 3.36. The lowest BCUT2D eigenvalue weighted by Gasteiger charge is -2.33. The molecule has 5 heteroatoms. The molecule has 0 aliphatic carbocycles. The molecule has 1 aromatic rings. The first-order valence-electron chi connectivity index (χ1n) is 8.44. The number of methoxy groups -OCH3 is 2. The Morgan fingerprint density at radius 1 is 1.42 bits per heavy atom. The van der Waals surface area contributed by atoms with Gasteiger partial charge in [-0.1, -0.05) is 6.08 Å². The Morgan fingerprint density at radius 3 is 2.83 bits per heavy atom. The summed E-state index contributed by atoms with van der Waals surface area (Å²) in [5.41, 5.74) is 1.56. The van der Waals surface area contributed by atoms with Gasteiger partial charge in [0.05, 0.1) is 14.2 Å². The van der Waals surface area contributed by atoms with E-state index in [1.165, 1.54) is 0 Å². The summed E-state index contributed by atoms with van der Waals surface area (Å²) in [4.78, 5) is 14.9. The van der Waals surface area contributed by atoms with E-state index in [2.05, 4.69) is 11.9 Å². The summed E-state index contributed by atoms with van der Waals surface area (Å²) in [6, 6.07) is 3.67. The van der Waals surface area contributed by atoms with Crippen molar-refractivity contribution in [2.24, 2.45) is 5.92 Å². The Kier molecular flexibility index (Phi) is 6.67. The number of carbonyl (C=O) groups is 1. The minimum atomic E-state index is 0.0575. The maximum Gasteiger partial charge on any atom is 0.254 e. The highest BCUT2D eigenvalue weighted by atomic mass is 16.5. The molecule has 2 rings (SSSR count). The minimum Gasteiger partial charge on any atom is -0.493 e. The van der Waals surface area contributed by atoms with Gasteiger partial charge in [-0.05, 0) is 50.9 Å². The summed E-state index contributed by atoms with van der Waals surface area (Å²) >= 11 is 0. The van der Waals surface area contributed by atoms with E-state index < -0.39 is 0 Å². The third-order valence-electron chi connectivity index (χ3n) is 4.47. The number of rotatable bonds is 7. The molecule has 1 aromatic carbocycles. The molecule has 0 saturated carbocycles. The van der Waals surface area contributed by atoms with Gasteiger partial charge < -0.3 is 19.7 Å². The van der Waals surface area contributed by atoms with Gasteiger partial charge in [-0.25, -0.2) is 0 Å². The number of hydrogen-bond donors (Lipinski definition) is 1. The molecule has 1 heterocycles. The lowest BCUT2D eigenvalue weighted by Crippen LogP contribution is -2.42. The highest BCUT2D eigenvalue weighted by Gasteiger charge is 2.25. The summed E-state index contributed by atoms with van der Waals surface area (Å²) in [5, 5.41) is 3.21. The van der Waals surface area contributed by atoms with Gasteiger partial charge in [0.2, 0.25) is 0 Å². The number of piperidine rings is 1. The predicted molar refractivity (Wildman–Crippen MR) is 96.0 cm³/mol. The summed E-state index contributed by atoms with van der Waals surface area (Å²) < 4.78 is 10.9. The van der Waals surface area contributed by atoms with E-state index in [9.17, 15) is 4.79 Å². The van der Waals surface area contributed by atoms with Crippen molar-refractivity contribution in [1.82, 2.24) is 10.2 Å². The molecule has 1 saturated heterocycles. The predicted octanol–water partition coefficient (Wildman–Crippen LogP) is 2.50. The van der Waals surface area contributed by atoms with Crippen LogP contribution in [0.15, 0.2) is 24.8 Å². The third-order valence-corrected chi connectivity index (χ3v) is 4.47. The largest absolute Gasteiger partial charge is 0.493 e. The van der Waals surface area contributed by atoms with Crippen LogP contribution in [0.5, 0.6) is 11.5 Å². The van der Waals surface area contributed by atoms with Crippen molar-refractivity contribution in [2.45, 2.75) is 19.3 Å². The number of hydrogen-bond acceptors (Lipinski definition) is 4. The molecular weight excluding hydrogens is 304 g/mol. The van der Waals surface area contributed by atoms with Crippen LogP contribution in [-0.2, 0) is 6.42 Å². The molecule has 1 aliphatic rings. The van der Waals surface area contributed by atoms with Crippen molar-refractivity contribution >= 4 is 5.91 Å². The van der Waals surface area contributed by atoms with Crippen molar-refractivity contribution in [3.05, 3.63) is 35.9 Å². The smallest absolute Gasteiger partial charge is 0.254 e. The fourth-order valence-electron chi connectivity index (χ4n) is 3.36.